The maximum absolute atomic E-state index is 9.51. The number of aromatic nitrogens is 5. The molecule has 0 aliphatic heterocycles. The van der Waals surface area contributed by atoms with Crippen LogP contribution >= 0.6 is 0 Å². The molecule has 0 saturated heterocycles. The van der Waals surface area contributed by atoms with Gasteiger partial charge in [0, 0.05) is 23.5 Å². The van der Waals surface area contributed by atoms with Crippen molar-refractivity contribution in [1.82, 2.24) is 24.9 Å². The number of nitrogens with one attached hydrogen (secondary N) is 2. The number of fused-ring (bicyclic) bond motifs is 2. The number of hydrogen-bond acceptors (Lipinski definition) is 4. The Morgan fingerprint density at radius 1 is 0.548 bits per heavy atom. The Labute approximate surface area is 177 Å². The summed E-state index contributed by atoms with van der Waals surface area (Å²) in [6.07, 6.45) is 3.53. The maximum atomic E-state index is 9.51. The van der Waals surface area contributed by atoms with E-state index in [1.54, 1.807) is 24.5 Å². The third-order valence-electron chi connectivity index (χ3n) is 5.39. The molecule has 0 bridgehead atoms. The molecule has 31 heavy (non-hydrogen) atoms. The van der Waals surface area contributed by atoms with Crippen LogP contribution in [0.5, 0.6) is 5.75 Å². The SMILES string of the molecule is Oc1ccc(-c2nc3cc(-c4ccc5[nH]c(-c6ccncc6)nc5c4)ccc3[nH]2)cc1. The Morgan fingerprint density at radius 3 is 1.58 bits per heavy atom. The van der Waals surface area contributed by atoms with Crippen molar-refractivity contribution in [2.45, 2.75) is 0 Å². The van der Waals surface area contributed by atoms with E-state index in [1.165, 1.54) is 0 Å². The van der Waals surface area contributed by atoms with Gasteiger partial charge in [0.1, 0.15) is 17.4 Å². The second kappa shape index (κ2) is 6.81. The van der Waals surface area contributed by atoms with E-state index in [0.717, 1.165) is 56.0 Å². The number of aromatic hydroxyl groups is 1. The van der Waals surface area contributed by atoms with E-state index in [2.05, 4.69) is 45.3 Å². The first-order valence-electron chi connectivity index (χ1n) is 9.93. The lowest BCUT2D eigenvalue weighted by atomic mass is 10.0. The van der Waals surface area contributed by atoms with Gasteiger partial charge in [-0.2, -0.15) is 0 Å². The Kier molecular flexibility index (Phi) is 3.83. The quantitative estimate of drug-likeness (QED) is 0.362. The van der Waals surface area contributed by atoms with E-state index in [4.69, 9.17) is 9.97 Å². The monoisotopic (exact) mass is 403 g/mol. The molecule has 0 atom stereocenters. The number of phenols is 1. The number of imidazole rings is 2. The van der Waals surface area contributed by atoms with Gasteiger partial charge in [-0.05, 0) is 71.8 Å². The summed E-state index contributed by atoms with van der Waals surface area (Å²) < 4.78 is 0. The molecule has 0 saturated carbocycles. The molecule has 0 spiro atoms. The van der Waals surface area contributed by atoms with Crippen LogP contribution in [0.2, 0.25) is 0 Å². The smallest absolute Gasteiger partial charge is 0.138 e. The number of H-pyrrole nitrogens is 2. The second-order valence-electron chi connectivity index (χ2n) is 7.42. The predicted octanol–water partition coefficient (Wildman–Crippen LogP) is 5.54. The van der Waals surface area contributed by atoms with Crippen LogP contribution in [0, 0.1) is 0 Å². The van der Waals surface area contributed by atoms with Crippen molar-refractivity contribution in [3.63, 3.8) is 0 Å². The first-order valence-corrected chi connectivity index (χ1v) is 9.93. The summed E-state index contributed by atoms with van der Waals surface area (Å²) in [5, 5.41) is 9.51. The summed E-state index contributed by atoms with van der Waals surface area (Å²) in [5.74, 6) is 1.84. The zero-order chi connectivity index (χ0) is 20.8. The lowest BCUT2D eigenvalue weighted by molar-refractivity contribution is 0.475. The van der Waals surface area contributed by atoms with Crippen molar-refractivity contribution in [3.05, 3.63) is 85.2 Å². The summed E-state index contributed by atoms with van der Waals surface area (Å²) in [7, 11) is 0. The van der Waals surface area contributed by atoms with Gasteiger partial charge in [-0.1, -0.05) is 12.1 Å². The fourth-order valence-electron chi connectivity index (χ4n) is 3.77. The lowest BCUT2D eigenvalue weighted by Gasteiger charge is -2.01. The van der Waals surface area contributed by atoms with Crippen LogP contribution in [0.25, 0.3) is 56.0 Å². The van der Waals surface area contributed by atoms with Crippen molar-refractivity contribution in [1.29, 1.82) is 0 Å². The van der Waals surface area contributed by atoms with E-state index in [1.807, 2.05) is 30.3 Å². The third kappa shape index (κ3) is 3.11. The van der Waals surface area contributed by atoms with E-state index < -0.39 is 0 Å². The maximum Gasteiger partial charge on any atom is 0.138 e. The number of nitrogens with zero attached hydrogens (tertiary/aromatic N) is 3. The summed E-state index contributed by atoms with van der Waals surface area (Å²) >= 11 is 0. The summed E-state index contributed by atoms with van der Waals surface area (Å²) in [6, 6.07) is 23.3. The summed E-state index contributed by atoms with van der Waals surface area (Å²) in [6.45, 7) is 0. The first kappa shape index (κ1) is 17.4. The molecule has 148 valence electrons. The number of pyridine rings is 1. The molecule has 0 amide bonds. The van der Waals surface area contributed by atoms with Crippen molar-refractivity contribution in [2.75, 3.05) is 0 Å². The van der Waals surface area contributed by atoms with Crippen LogP contribution in [0.4, 0.5) is 0 Å². The Hall–Kier alpha value is -4.45. The number of phenolic OH excluding ortho intramolecular Hbond substituents is 1. The molecule has 0 aliphatic carbocycles. The van der Waals surface area contributed by atoms with E-state index >= 15 is 0 Å². The topological polar surface area (TPSA) is 90.5 Å². The molecule has 3 aromatic heterocycles. The van der Waals surface area contributed by atoms with Crippen LogP contribution in [0.3, 0.4) is 0 Å². The number of rotatable bonds is 3. The molecule has 6 rings (SSSR count). The van der Waals surface area contributed by atoms with Crippen LogP contribution in [0.1, 0.15) is 0 Å². The zero-order valence-corrected chi connectivity index (χ0v) is 16.4. The molecule has 3 N–H and O–H groups in total. The van der Waals surface area contributed by atoms with Gasteiger partial charge >= 0.3 is 0 Å². The summed E-state index contributed by atoms with van der Waals surface area (Å²) in [5.41, 5.74) is 7.85. The van der Waals surface area contributed by atoms with Gasteiger partial charge in [0.2, 0.25) is 0 Å². The minimum Gasteiger partial charge on any atom is -0.508 e. The Morgan fingerprint density at radius 2 is 1.03 bits per heavy atom. The Balaban J connectivity index is 1.39. The van der Waals surface area contributed by atoms with Gasteiger partial charge < -0.3 is 15.1 Å². The number of benzene rings is 3. The van der Waals surface area contributed by atoms with Gasteiger partial charge in [0.05, 0.1) is 22.1 Å². The lowest BCUT2D eigenvalue weighted by Crippen LogP contribution is -1.80. The van der Waals surface area contributed by atoms with Crippen molar-refractivity contribution >= 4 is 22.1 Å². The van der Waals surface area contributed by atoms with E-state index in [0.29, 0.717) is 0 Å². The van der Waals surface area contributed by atoms with Crippen molar-refractivity contribution in [2.24, 2.45) is 0 Å². The highest BCUT2D eigenvalue weighted by molar-refractivity contribution is 5.88. The fourth-order valence-corrected chi connectivity index (χ4v) is 3.77. The number of hydrogen-bond donors (Lipinski definition) is 3. The molecule has 0 aliphatic rings. The van der Waals surface area contributed by atoms with Crippen LogP contribution in [0.15, 0.2) is 85.2 Å². The zero-order valence-electron chi connectivity index (χ0n) is 16.4. The molecule has 0 radical (unpaired) electrons. The van der Waals surface area contributed by atoms with E-state index in [9.17, 15) is 5.11 Å². The van der Waals surface area contributed by atoms with Gasteiger partial charge in [-0.3, -0.25) is 4.98 Å². The normalized spacial score (nSPS) is 11.4. The minimum absolute atomic E-state index is 0.239. The second-order valence-corrected chi connectivity index (χ2v) is 7.42. The minimum atomic E-state index is 0.239. The van der Waals surface area contributed by atoms with Gasteiger partial charge in [-0.15, -0.1) is 0 Å². The molecule has 3 heterocycles. The predicted molar refractivity (Wildman–Crippen MR) is 122 cm³/mol. The van der Waals surface area contributed by atoms with Gasteiger partial charge in [-0.25, -0.2) is 9.97 Å². The molecule has 0 unspecified atom stereocenters. The molecular formula is C25H17N5O. The molecule has 6 nitrogen and oxygen atoms in total. The molecule has 6 aromatic rings. The molecule has 0 fully saturated rings. The van der Waals surface area contributed by atoms with Crippen LogP contribution < -0.4 is 0 Å². The number of aromatic amines is 2. The average molecular weight is 403 g/mol. The highest BCUT2D eigenvalue weighted by atomic mass is 16.3. The van der Waals surface area contributed by atoms with Crippen LogP contribution in [-0.2, 0) is 0 Å². The third-order valence-corrected chi connectivity index (χ3v) is 5.39. The van der Waals surface area contributed by atoms with Crippen LogP contribution in [-0.4, -0.2) is 30.0 Å². The van der Waals surface area contributed by atoms with Crippen molar-refractivity contribution < 1.29 is 5.11 Å². The van der Waals surface area contributed by atoms with Gasteiger partial charge in [0.25, 0.3) is 0 Å². The molecule has 6 heteroatoms. The largest absolute Gasteiger partial charge is 0.508 e. The first-order chi connectivity index (χ1) is 15.2. The highest BCUT2D eigenvalue weighted by Crippen LogP contribution is 2.29. The molecular weight excluding hydrogens is 386 g/mol. The molecule has 3 aromatic carbocycles. The average Bonchev–Trinajstić information content (AvgIpc) is 3.43. The standard InChI is InChI=1S/C25H17N5O/c31-19-5-1-15(2-6-19)24-27-20-7-3-17(13-22(20)29-24)18-4-8-21-23(14-18)30-25(28-21)16-9-11-26-12-10-16/h1-14,31H,(H,27,29)(H,28,30). The van der Waals surface area contributed by atoms with Gasteiger partial charge in [0.15, 0.2) is 0 Å². The van der Waals surface area contributed by atoms with Crippen molar-refractivity contribution in [3.8, 4) is 39.7 Å². The summed E-state index contributed by atoms with van der Waals surface area (Å²) in [4.78, 5) is 20.3. The Bertz CT molecular complexity index is 1530. The fraction of sp³-hybridized carbons (Fsp3) is 0. The highest BCUT2D eigenvalue weighted by Gasteiger charge is 2.10. The van der Waals surface area contributed by atoms with E-state index in [-0.39, 0.29) is 5.75 Å².